The Hall–Kier alpha value is -1.88. The number of carbonyl (C=O) groups is 1. The summed E-state index contributed by atoms with van der Waals surface area (Å²) >= 11 is 1.65. The molecule has 1 aliphatic heterocycles. The number of rotatable bonds is 3. The van der Waals surface area contributed by atoms with Crippen LogP contribution in [-0.2, 0) is 4.79 Å². The molecule has 2 heterocycles. The lowest BCUT2D eigenvalue weighted by Crippen LogP contribution is -2.51. The van der Waals surface area contributed by atoms with Crippen molar-refractivity contribution in [1.82, 2.24) is 4.98 Å². The molecule has 1 aromatic carbocycles. The quantitative estimate of drug-likeness (QED) is 0.901. The van der Waals surface area contributed by atoms with Crippen LogP contribution in [0, 0.1) is 18.8 Å². The molecule has 4 rings (SSSR count). The van der Waals surface area contributed by atoms with Gasteiger partial charge in [0.1, 0.15) is 0 Å². The Balaban J connectivity index is 1.77. The monoisotopic (exact) mass is 341 g/mol. The van der Waals surface area contributed by atoms with Crippen LogP contribution >= 0.6 is 11.3 Å². The van der Waals surface area contributed by atoms with Crippen molar-refractivity contribution in [3.63, 3.8) is 0 Å². The van der Waals surface area contributed by atoms with Crippen molar-refractivity contribution in [2.24, 2.45) is 11.8 Å². The lowest BCUT2D eigenvalue weighted by Gasteiger charge is -2.45. The van der Waals surface area contributed by atoms with Crippen molar-refractivity contribution in [2.75, 3.05) is 10.2 Å². The molecule has 0 bridgehead atoms. The van der Waals surface area contributed by atoms with Gasteiger partial charge in [-0.15, -0.1) is 11.3 Å². The molecule has 1 fully saturated rings. The fourth-order valence-electron chi connectivity index (χ4n) is 4.07. The number of hydrogen-bond donors (Lipinski definition) is 1. The molecule has 0 radical (unpaired) electrons. The molecule has 1 saturated carbocycles. The summed E-state index contributed by atoms with van der Waals surface area (Å²) in [5.41, 5.74) is 3.30. The summed E-state index contributed by atoms with van der Waals surface area (Å²) in [4.78, 5) is 19.0. The third-order valence-corrected chi connectivity index (χ3v) is 6.13. The first kappa shape index (κ1) is 15.6. The number of hydrogen-bond acceptors (Lipinski definition) is 4. The Labute approximate surface area is 146 Å². The van der Waals surface area contributed by atoms with Gasteiger partial charge in [0.15, 0.2) is 5.13 Å². The fraction of sp³-hybridized carbons (Fsp3) is 0.474. The minimum atomic E-state index is 0.148. The maximum atomic E-state index is 12.4. The number of nitrogens with zero attached hydrogens (tertiary/aromatic N) is 2. The molecule has 0 saturated heterocycles. The summed E-state index contributed by atoms with van der Waals surface area (Å²) < 4.78 is 0. The number of carbonyl (C=O) groups excluding carboxylic acids is 1. The number of para-hydroxylation sites is 1. The maximum absolute atomic E-state index is 12.4. The van der Waals surface area contributed by atoms with Gasteiger partial charge in [-0.25, -0.2) is 4.98 Å². The Bertz CT molecular complexity index is 767. The highest BCUT2D eigenvalue weighted by Crippen LogP contribution is 2.49. The third-order valence-electron chi connectivity index (χ3n) is 5.24. The van der Waals surface area contributed by atoms with Gasteiger partial charge in [0.25, 0.3) is 0 Å². The Kier molecular flexibility index (Phi) is 3.83. The Morgan fingerprint density at radius 2 is 2.08 bits per heavy atom. The number of anilines is 2. The molecule has 2 unspecified atom stereocenters. The molecule has 2 aliphatic rings. The number of thiazole rings is 1. The molecule has 3 atom stereocenters. The first-order valence-corrected chi connectivity index (χ1v) is 9.51. The van der Waals surface area contributed by atoms with E-state index in [0.717, 1.165) is 16.5 Å². The molecule has 1 N–H and O–H groups in total. The van der Waals surface area contributed by atoms with Crippen LogP contribution in [0.5, 0.6) is 0 Å². The van der Waals surface area contributed by atoms with E-state index in [2.05, 4.69) is 40.8 Å². The van der Waals surface area contributed by atoms with E-state index in [-0.39, 0.29) is 18.0 Å². The van der Waals surface area contributed by atoms with Crippen LogP contribution in [0.1, 0.15) is 44.0 Å². The largest absolute Gasteiger partial charge is 0.354 e. The highest BCUT2D eigenvalue weighted by molar-refractivity contribution is 7.13. The van der Waals surface area contributed by atoms with Crippen molar-refractivity contribution in [3.8, 4) is 0 Å². The lowest BCUT2D eigenvalue weighted by molar-refractivity contribution is -0.117. The summed E-state index contributed by atoms with van der Waals surface area (Å²) in [6.07, 6.45) is 2.45. The van der Waals surface area contributed by atoms with Gasteiger partial charge in [-0.3, -0.25) is 4.79 Å². The molecule has 1 aliphatic carbocycles. The lowest BCUT2D eigenvalue weighted by atomic mass is 9.80. The van der Waals surface area contributed by atoms with Gasteiger partial charge in [-0.2, -0.15) is 0 Å². The van der Waals surface area contributed by atoms with Gasteiger partial charge in [0.05, 0.1) is 11.7 Å². The van der Waals surface area contributed by atoms with E-state index >= 15 is 0 Å². The number of aromatic nitrogens is 1. The highest BCUT2D eigenvalue weighted by atomic mass is 32.1. The minimum absolute atomic E-state index is 0.148. The van der Waals surface area contributed by atoms with Crippen molar-refractivity contribution < 1.29 is 4.79 Å². The van der Waals surface area contributed by atoms with Crippen molar-refractivity contribution >= 4 is 28.1 Å². The van der Waals surface area contributed by atoms with Crippen LogP contribution < -0.4 is 10.2 Å². The second-order valence-corrected chi connectivity index (χ2v) is 7.91. The molecule has 24 heavy (non-hydrogen) atoms. The topological polar surface area (TPSA) is 45.2 Å². The van der Waals surface area contributed by atoms with Crippen LogP contribution in [0.2, 0.25) is 0 Å². The average molecular weight is 341 g/mol. The smallest absolute Gasteiger partial charge is 0.224 e. The van der Waals surface area contributed by atoms with Gasteiger partial charge in [0, 0.05) is 30.0 Å². The zero-order valence-corrected chi connectivity index (χ0v) is 15.1. The molecule has 126 valence electrons. The summed E-state index contributed by atoms with van der Waals surface area (Å²) in [7, 11) is 0. The van der Waals surface area contributed by atoms with Crippen molar-refractivity contribution in [3.05, 3.63) is 40.9 Å². The van der Waals surface area contributed by atoms with E-state index < -0.39 is 0 Å². The van der Waals surface area contributed by atoms with E-state index in [4.69, 9.17) is 0 Å². The van der Waals surface area contributed by atoms with Crippen LogP contribution in [0.4, 0.5) is 10.8 Å². The van der Waals surface area contributed by atoms with Gasteiger partial charge in [-0.1, -0.05) is 25.1 Å². The van der Waals surface area contributed by atoms with E-state index in [9.17, 15) is 4.79 Å². The first-order chi connectivity index (χ1) is 11.6. The maximum Gasteiger partial charge on any atom is 0.224 e. The zero-order chi connectivity index (χ0) is 16.8. The average Bonchev–Trinajstić information content (AvgIpc) is 3.31. The predicted molar refractivity (Wildman–Crippen MR) is 98.5 cm³/mol. The van der Waals surface area contributed by atoms with E-state index in [1.54, 1.807) is 18.3 Å². The summed E-state index contributed by atoms with van der Waals surface area (Å²) in [6, 6.07) is 8.77. The molecular weight excluding hydrogens is 318 g/mol. The van der Waals surface area contributed by atoms with Crippen LogP contribution in [0.3, 0.4) is 0 Å². The van der Waals surface area contributed by atoms with Gasteiger partial charge in [-0.05, 0) is 37.3 Å². The van der Waals surface area contributed by atoms with Crippen LogP contribution in [0.25, 0.3) is 0 Å². The van der Waals surface area contributed by atoms with Crippen molar-refractivity contribution in [2.45, 2.75) is 45.7 Å². The fourth-order valence-corrected chi connectivity index (χ4v) is 4.79. The second kappa shape index (κ2) is 5.88. The molecule has 0 spiro atoms. The van der Waals surface area contributed by atoms with E-state index in [0.29, 0.717) is 11.8 Å². The summed E-state index contributed by atoms with van der Waals surface area (Å²) in [5.74, 6) is 1.12. The highest BCUT2D eigenvalue weighted by Gasteiger charge is 2.47. The molecular formula is C19H23N3OS. The predicted octanol–water partition coefficient (Wildman–Crippen LogP) is 4.39. The molecule has 1 amide bonds. The molecule has 4 nitrogen and oxygen atoms in total. The zero-order valence-electron chi connectivity index (χ0n) is 14.3. The third kappa shape index (κ3) is 2.61. The summed E-state index contributed by atoms with van der Waals surface area (Å²) in [5, 5.41) is 6.68. The van der Waals surface area contributed by atoms with Gasteiger partial charge in [0.2, 0.25) is 5.91 Å². The molecule has 1 aromatic heterocycles. The second-order valence-electron chi connectivity index (χ2n) is 7.05. The van der Waals surface area contributed by atoms with Crippen LogP contribution in [-0.4, -0.2) is 16.9 Å². The number of amides is 1. The normalized spacial score (nSPS) is 26.1. The number of fused-ring (bicyclic) bond motifs is 1. The summed E-state index contributed by atoms with van der Waals surface area (Å²) in [6.45, 7) is 5.98. The van der Waals surface area contributed by atoms with E-state index in [1.807, 2.05) is 17.9 Å². The van der Waals surface area contributed by atoms with E-state index in [1.165, 1.54) is 18.4 Å². The van der Waals surface area contributed by atoms with Gasteiger partial charge >= 0.3 is 0 Å². The van der Waals surface area contributed by atoms with Crippen LogP contribution in [0.15, 0.2) is 29.6 Å². The molecule has 2 aromatic rings. The van der Waals surface area contributed by atoms with Gasteiger partial charge < -0.3 is 10.2 Å². The number of benzene rings is 1. The Morgan fingerprint density at radius 1 is 1.33 bits per heavy atom. The SMILES string of the molecule is CC(=O)N1c2ccccc2C(Nc2nc(C)cs2)[C@@H](C)C1C1CC1. The number of nitrogens with one attached hydrogen (secondary N) is 1. The van der Waals surface area contributed by atoms with Crippen molar-refractivity contribution in [1.29, 1.82) is 0 Å². The minimum Gasteiger partial charge on any atom is -0.354 e. The number of aryl methyl sites for hydroxylation is 1. The first-order valence-electron chi connectivity index (χ1n) is 8.63. The standard InChI is InChI=1S/C19H23N3OS/c1-11-10-24-19(20-11)21-17-12(2)18(14-8-9-14)22(13(3)23)16-7-5-4-6-15(16)17/h4-7,10,12,14,17-18H,8-9H2,1-3H3,(H,20,21)/t12-,17?,18?/m1/s1. The molecule has 5 heteroatoms. The Morgan fingerprint density at radius 3 is 2.71 bits per heavy atom.